The standard InChI is InChI=1S/C37H43N7O6S2/c1-8-28-22-43(52(48,49)32-13-11-10-12-31(32)50-28)21-26-18-25(15-14-23(26)3)33(29-16-17-30-34(24(29)4)41-42-44(30)9-2)37(5,6)40-35(45)27-19-38-36(39-20-27)51(7,46)47/h10-20,28,33H,8-9,21-22H2,1-7H3,(H,40,45)/t28-,33+/m1/s1. The molecule has 13 nitrogen and oxygen atoms in total. The van der Waals surface area contributed by atoms with Crippen LogP contribution in [0.4, 0.5) is 0 Å². The predicted molar refractivity (Wildman–Crippen MR) is 196 cm³/mol. The summed E-state index contributed by atoms with van der Waals surface area (Å²) < 4.78 is 61.5. The van der Waals surface area contributed by atoms with Crippen LogP contribution in [-0.4, -0.2) is 76.5 Å². The van der Waals surface area contributed by atoms with Gasteiger partial charge in [-0.05, 0) is 87.1 Å². The van der Waals surface area contributed by atoms with Crippen molar-refractivity contribution in [3.05, 3.63) is 100 Å². The molecule has 0 saturated heterocycles. The first kappa shape index (κ1) is 37.0. The van der Waals surface area contributed by atoms with Crippen molar-refractivity contribution in [2.75, 3.05) is 12.8 Å². The number of nitrogens with zero attached hydrogens (tertiary/aromatic N) is 6. The molecule has 52 heavy (non-hydrogen) atoms. The van der Waals surface area contributed by atoms with Gasteiger partial charge in [0.1, 0.15) is 22.3 Å². The number of aryl methyl sites for hydroxylation is 3. The highest BCUT2D eigenvalue weighted by Crippen LogP contribution is 2.40. The topological polar surface area (TPSA) is 166 Å². The van der Waals surface area contributed by atoms with Crippen LogP contribution in [0.1, 0.15) is 78.2 Å². The number of rotatable bonds is 10. The number of amides is 1. The summed E-state index contributed by atoms with van der Waals surface area (Å²) >= 11 is 0. The van der Waals surface area contributed by atoms with E-state index >= 15 is 0 Å². The van der Waals surface area contributed by atoms with Crippen molar-refractivity contribution in [1.82, 2.24) is 34.6 Å². The zero-order chi connectivity index (χ0) is 37.6. The number of nitrogens with one attached hydrogen (secondary N) is 1. The largest absolute Gasteiger partial charge is 0.488 e. The number of sulfonamides is 1. The molecule has 1 aliphatic heterocycles. The molecule has 5 aromatic rings. The van der Waals surface area contributed by atoms with Crippen LogP contribution in [-0.2, 0) is 33.0 Å². The average molecular weight is 746 g/mol. The Bertz CT molecular complexity index is 2380. The maximum absolute atomic E-state index is 14.1. The highest BCUT2D eigenvalue weighted by Gasteiger charge is 2.38. The number of sulfone groups is 1. The molecule has 0 radical (unpaired) electrons. The molecule has 2 aromatic heterocycles. The first-order valence-corrected chi connectivity index (χ1v) is 20.4. The minimum Gasteiger partial charge on any atom is -0.488 e. The van der Waals surface area contributed by atoms with Crippen LogP contribution in [0.5, 0.6) is 5.75 Å². The van der Waals surface area contributed by atoms with Crippen LogP contribution in [0.2, 0.25) is 0 Å². The van der Waals surface area contributed by atoms with Crippen molar-refractivity contribution in [2.24, 2.45) is 0 Å². The van der Waals surface area contributed by atoms with E-state index in [2.05, 4.69) is 25.6 Å². The van der Waals surface area contributed by atoms with E-state index in [0.717, 1.165) is 45.1 Å². The molecule has 15 heteroatoms. The molecule has 3 aromatic carbocycles. The number of benzene rings is 3. The fraction of sp³-hybridized carbons (Fsp3) is 0.378. The van der Waals surface area contributed by atoms with Crippen molar-refractivity contribution in [2.45, 2.75) is 88.7 Å². The molecular formula is C37H43N7O6S2. The van der Waals surface area contributed by atoms with E-state index in [-0.39, 0.29) is 34.8 Å². The normalized spacial score (nSPS) is 16.9. The Kier molecular flexibility index (Phi) is 9.98. The summed E-state index contributed by atoms with van der Waals surface area (Å²) in [6.45, 7) is 12.7. The first-order chi connectivity index (χ1) is 24.5. The SMILES string of the molecule is CC[C@@H]1CN(Cc2cc([C@@H](c3ccc4c(nnn4CC)c3C)C(C)(C)NC(=O)c3cnc(S(C)(=O)=O)nc3)ccc2C)S(=O)(=O)c2ccccc2O1. The van der Waals surface area contributed by atoms with Gasteiger partial charge in [-0.2, -0.15) is 4.31 Å². The lowest BCUT2D eigenvalue weighted by Gasteiger charge is -2.37. The van der Waals surface area contributed by atoms with E-state index in [1.54, 1.807) is 24.3 Å². The highest BCUT2D eigenvalue weighted by atomic mass is 32.2. The lowest BCUT2D eigenvalue weighted by atomic mass is 9.74. The molecule has 1 aliphatic rings. The Hall–Kier alpha value is -4.73. The van der Waals surface area contributed by atoms with Crippen LogP contribution < -0.4 is 10.1 Å². The quantitative estimate of drug-likeness (QED) is 0.193. The Morgan fingerprint density at radius 1 is 1.06 bits per heavy atom. The molecule has 274 valence electrons. The van der Waals surface area contributed by atoms with E-state index in [1.165, 1.54) is 16.7 Å². The molecule has 0 aliphatic carbocycles. The van der Waals surface area contributed by atoms with Gasteiger partial charge < -0.3 is 10.1 Å². The number of carbonyl (C=O) groups excluding carboxylic acids is 1. The first-order valence-electron chi connectivity index (χ1n) is 17.1. The molecule has 2 atom stereocenters. The van der Waals surface area contributed by atoms with Crippen LogP contribution >= 0.6 is 0 Å². The average Bonchev–Trinajstić information content (AvgIpc) is 3.49. The zero-order valence-electron chi connectivity index (χ0n) is 30.3. The van der Waals surface area contributed by atoms with Crippen LogP contribution in [0.15, 0.2) is 77.0 Å². The number of hydrogen-bond acceptors (Lipinski definition) is 10. The van der Waals surface area contributed by atoms with Gasteiger partial charge in [0.15, 0.2) is 0 Å². The number of hydrogen-bond donors (Lipinski definition) is 1. The molecule has 0 fully saturated rings. The van der Waals surface area contributed by atoms with Crippen molar-refractivity contribution < 1.29 is 26.4 Å². The third-order valence-corrected chi connectivity index (χ3v) is 12.4. The molecule has 6 rings (SSSR count). The summed E-state index contributed by atoms with van der Waals surface area (Å²) in [4.78, 5) is 21.7. The third-order valence-electron chi connectivity index (χ3n) is 9.65. The summed E-state index contributed by atoms with van der Waals surface area (Å²) in [5.41, 5.74) is 5.11. The second kappa shape index (κ2) is 14.0. The number of para-hydroxylation sites is 1. The van der Waals surface area contributed by atoms with Gasteiger partial charge in [-0.1, -0.05) is 48.5 Å². The fourth-order valence-electron chi connectivity index (χ4n) is 6.81. The molecule has 1 amide bonds. The Morgan fingerprint density at radius 3 is 2.44 bits per heavy atom. The maximum atomic E-state index is 14.1. The van der Waals surface area contributed by atoms with Gasteiger partial charge in [0.25, 0.3) is 5.91 Å². The van der Waals surface area contributed by atoms with Gasteiger partial charge in [0.2, 0.25) is 25.0 Å². The van der Waals surface area contributed by atoms with Gasteiger partial charge >= 0.3 is 0 Å². The monoisotopic (exact) mass is 745 g/mol. The zero-order valence-corrected chi connectivity index (χ0v) is 31.9. The van der Waals surface area contributed by atoms with E-state index < -0.39 is 37.2 Å². The number of fused-ring (bicyclic) bond motifs is 2. The Balaban J connectivity index is 1.44. The van der Waals surface area contributed by atoms with Crippen molar-refractivity contribution in [3.8, 4) is 5.75 Å². The fourth-order valence-corrected chi connectivity index (χ4v) is 8.87. The predicted octanol–water partition coefficient (Wildman–Crippen LogP) is 4.96. The van der Waals surface area contributed by atoms with Crippen LogP contribution in [0.3, 0.4) is 0 Å². The maximum Gasteiger partial charge on any atom is 0.254 e. The minimum atomic E-state index is -3.90. The minimum absolute atomic E-state index is 0.0984. The van der Waals surface area contributed by atoms with Gasteiger partial charge in [0, 0.05) is 43.2 Å². The van der Waals surface area contributed by atoms with E-state index in [1.807, 2.05) is 76.6 Å². The van der Waals surface area contributed by atoms with Gasteiger partial charge in [-0.15, -0.1) is 5.10 Å². The van der Waals surface area contributed by atoms with E-state index in [4.69, 9.17) is 4.74 Å². The lowest BCUT2D eigenvalue weighted by Crippen LogP contribution is -2.48. The number of carbonyl (C=O) groups is 1. The number of ether oxygens (including phenoxy) is 1. The van der Waals surface area contributed by atoms with Gasteiger partial charge in [-0.3, -0.25) is 4.79 Å². The van der Waals surface area contributed by atoms with Crippen LogP contribution in [0, 0.1) is 13.8 Å². The Morgan fingerprint density at radius 2 is 1.77 bits per heavy atom. The second-order valence-corrected chi connectivity index (χ2v) is 17.6. The summed E-state index contributed by atoms with van der Waals surface area (Å²) in [6.07, 6.45) is 3.69. The van der Waals surface area contributed by atoms with Crippen molar-refractivity contribution >= 4 is 36.8 Å². The van der Waals surface area contributed by atoms with E-state index in [0.29, 0.717) is 18.7 Å². The second-order valence-electron chi connectivity index (χ2n) is 13.8. The molecule has 0 unspecified atom stereocenters. The molecule has 3 heterocycles. The Labute approximate surface area is 304 Å². The van der Waals surface area contributed by atoms with Crippen molar-refractivity contribution in [3.63, 3.8) is 0 Å². The lowest BCUT2D eigenvalue weighted by molar-refractivity contribution is 0.0904. The number of aromatic nitrogens is 5. The van der Waals surface area contributed by atoms with Crippen LogP contribution in [0.25, 0.3) is 11.0 Å². The van der Waals surface area contributed by atoms with E-state index in [9.17, 15) is 21.6 Å². The van der Waals surface area contributed by atoms with Gasteiger partial charge in [-0.25, -0.2) is 31.5 Å². The third kappa shape index (κ3) is 7.04. The summed E-state index contributed by atoms with van der Waals surface area (Å²) in [6, 6.07) is 16.7. The summed E-state index contributed by atoms with van der Waals surface area (Å²) in [5, 5.41) is 11.6. The van der Waals surface area contributed by atoms with Crippen molar-refractivity contribution in [1.29, 1.82) is 0 Å². The smallest absolute Gasteiger partial charge is 0.254 e. The summed E-state index contributed by atoms with van der Waals surface area (Å²) in [5.74, 6) is -0.600. The van der Waals surface area contributed by atoms with Gasteiger partial charge in [0.05, 0.1) is 17.6 Å². The summed E-state index contributed by atoms with van der Waals surface area (Å²) in [7, 11) is -7.55. The highest BCUT2D eigenvalue weighted by molar-refractivity contribution is 7.90. The molecule has 0 saturated carbocycles. The molecule has 0 spiro atoms. The molecule has 0 bridgehead atoms. The molecule has 1 N–H and O–H groups in total. The molecular weight excluding hydrogens is 703 g/mol.